The van der Waals surface area contributed by atoms with E-state index in [1.165, 1.54) is 20.7 Å². The molecular weight excluding hydrogens is 608 g/mol. The SMILES string of the molecule is C[Si](CCOP(=O)(OCCc1ccccc1)OCC[Si](C)(c1ccccc1)c1ccccc1)(c1ccccc1)c1ccccc1. The summed E-state index contributed by atoms with van der Waals surface area (Å²) in [5.41, 5.74) is 1.12. The summed E-state index contributed by atoms with van der Waals surface area (Å²) in [6.07, 6.45) is 0.624. The molecule has 5 rings (SSSR count). The van der Waals surface area contributed by atoms with E-state index in [1.807, 2.05) is 54.6 Å². The zero-order chi connectivity index (χ0) is 31.4. The Balaban J connectivity index is 1.33. The standard InChI is InChI=1S/C38H43O4PSi2/c1-44(35-20-10-4-11-21-35,36-22-12-5-13-23-36)32-30-41-43(39,40-29-28-34-18-8-3-9-19-34)42-31-33-45(2,37-24-14-6-15-25-37)38-26-16-7-17-27-38/h3-27H,28-33H2,1-2H3. The molecule has 0 aliphatic rings. The molecule has 0 radical (unpaired) electrons. The van der Waals surface area contributed by atoms with Gasteiger partial charge < -0.3 is 0 Å². The lowest BCUT2D eigenvalue weighted by Crippen LogP contribution is -2.56. The molecule has 232 valence electrons. The Morgan fingerprint density at radius 2 is 0.733 bits per heavy atom. The monoisotopic (exact) mass is 650 g/mol. The average Bonchev–Trinajstić information content (AvgIpc) is 3.10. The third-order valence-electron chi connectivity index (χ3n) is 8.83. The zero-order valence-electron chi connectivity index (χ0n) is 26.3. The van der Waals surface area contributed by atoms with Gasteiger partial charge in [0.25, 0.3) is 0 Å². The van der Waals surface area contributed by atoms with Crippen molar-refractivity contribution in [3.63, 3.8) is 0 Å². The molecule has 4 nitrogen and oxygen atoms in total. The first-order valence-corrected chi connectivity index (χ1v) is 22.6. The third kappa shape index (κ3) is 8.68. The number of rotatable bonds is 16. The fourth-order valence-corrected chi connectivity index (χ4v) is 14.0. The Morgan fingerprint density at radius 3 is 1.07 bits per heavy atom. The van der Waals surface area contributed by atoms with Gasteiger partial charge >= 0.3 is 7.82 Å². The quantitative estimate of drug-likeness (QED) is 0.0839. The largest absolute Gasteiger partial charge is 0.474 e. The molecular formula is C38H43O4PSi2. The Bertz CT molecular complexity index is 1440. The van der Waals surface area contributed by atoms with Crippen LogP contribution in [0.25, 0.3) is 0 Å². The van der Waals surface area contributed by atoms with Crippen molar-refractivity contribution < 1.29 is 18.1 Å². The van der Waals surface area contributed by atoms with Crippen LogP contribution in [0.1, 0.15) is 5.56 Å². The van der Waals surface area contributed by atoms with Gasteiger partial charge in [-0.25, -0.2) is 4.57 Å². The van der Waals surface area contributed by atoms with E-state index in [0.717, 1.165) is 17.7 Å². The molecule has 0 N–H and O–H groups in total. The van der Waals surface area contributed by atoms with E-state index in [-0.39, 0.29) is 19.8 Å². The topological polar surface area (TPSA) is 44.8 Å². The highest BCUT2D eigenvalue weighted by Gasteiger charge is 2.36. The molecule has 0 amide bonds. The van der Waals surface area contributed by atoms with Crippen molar-refractivity contribution in [1.29, 1.82) is 0 Å². The Labute approximate surface area is 270 Å². The van der Waals surface area contributed by atoms with Crippen LogP contribution in [-0.4, -0.2) is 36.0 Å². The number of hydrogen-bond donors (Lipinski definition) is 0. The van der Waals surface area contributed by atoms with Gasteiger partial charge in [-0.15, -0.1) is 0 Å². The smallest absolute Gasteiger partial charge is 0.287 e. The summed E-state index contributed by atoms with van der Waals surface area (Å²) >= 11 is 0. The normalized spacial score (nSPS) is 12.2. The van der Waals surface area contributed by atoms with Crippen molar-refractivity contribution in [3.05, 3.63) is 157 Å². The van der Waals surface area contributed by atoms with E-state index in [4.69, 9.17) is 13.6 Å². The van der Waals surface area contributed by atoms with E-state index >= 15 is 0 Å². The molecule has 0 unspecified atom stereocenters. The summed E-state index contributed by atoms with van der Waals surface area (Å²) in [4.78, 5) is 0. The van der Waals surface area contributed by atoms with Gasteiger partial charge in [0.15, 0.2) is 0 Å². The molecule has 0 aliphatic carbocycles. The van der Waals surface area contributed by atoms with Crippen LogP contribution < -0.4 is 20.7 Å². The molecule has 0 spiro atoms. The maximum Gasteiger partial charge on any atom is 0.474 e. The van der Waals surface area contributed by atoms with Crippen molar-refractivity contribution in [2.45, 2.75) is 31.6 Å². The van der Waals surface area contributed by atoms with Gasteiger partial charge in [-0.2, -0.15) is 0 Å². The zero-order valence-corrected chi connectivity index (χ0v) is 29.2. The minimum atomic E-state index is -3.85. The van der Waals surface area contributed by atoms with Crippen molar-refractivity contribution >= 4 is 44.7 Å². The molecule has 5 aromatic carbocycles. The fraction of sp³-hybridized carbons (Fsp3) is 0.211. The number of benzene rings is 5. The predicted octanol–water partition coefficient (Wildman–Crippen LogP) is 7.17. The summed E-state index contributed by atoms with van der Waals surface area (Å²) < 4.78 is 32.7. The first kappa shape index (κ1) is 33.0. The summed E-state index contributed by atoms with van der Waals surface area (Å²) in [6, 6.07) is 54.1. The van der Waals surface area contributed by atoms with Crippen LogP contribution in [0.2, 0.25) is 25.2 Å². The molecule has 45 heavy (non-hydrogen) atoms. The van der Waals surface area contributed by atoms with Crippen LogP contribution in [0, 0.1) is 0 Å². The van der Waals surface area contributed by atoms with E-state index in [2.05, 4.69) is 110 Å². The number of phosphoric acid groups is 1. The van der Waals surface area contributed by atoms with E-state index in [1.54, 1.807) is 0 Å². The second-order valence-electron chi connectivity index (χ2n) is 11.8. The highest BCUT2D eigenvalue weighted by molar-refractivity contribution is 7.48. The van der Waals surface area contributed by atoms with E-state index in [0.29, 0.717) is 6.42 Å². The van der Waals surface area contributed by atoms with Gasteiger partial charge in [0, 0.05) is 0 Å². The average molecular weight is 651 g/mol. The lowest BCUT2D eigenvalue weighted by molar-refractivity contribution is 0.122. The molecule has 0 saturated heterocycles. The van der Waals surface area contributed by atoms with Gasteiger partial charge in [-0.05, 0) is 24.1 Å². The van der Waals surface area contributed by atoms with Crippen LogP contribution in [-0.2, 0) is 24.6 Å². The molecule has 7 heteroatoms. The first-order valence-electron chi connectivity index (χ1n) is 15.7. The van der Waals surface area contributed by atoms with Crippen molar-refractivity contribution in [3.8, 4) is 0 Å². The van der Waals surface area contributed by atoms with Gasteiger partial charge in [0.1, 0.15) is 16.1 Å². The highest BCUT2D eigenvalue weighted by atomic mass is 31.2. The van der Waals surface area contributed by atoms with Crippen molar-refractivity contribution in [1.82, 2.24) is 0 Å². The summed E-state index contributed by atoms with van der Waals surface area (Å²) in [5, 5.41) is 5.25. The molecule has 0 fully saturated rings. The second-order valence-corrected chi connectivity index (χ2v) is 22.1. The van der Waals surface area contributed by atoms with Crippen LogP contribution >= 0.6 is 7.82 Å². The molecule has 0 saturated carbocycles. The Kier molecular flexibility index (Phi) is 11.6. The summed E-state index contributed by atoms with van der Waals surface area (Å²) in [6.45, 7) is 5.50. The first-order chi connectivity index (χ1) is 21.9. The second kappa shape index (κ2) is 15.8. The minimum absolute atomic E-state index is 0.249. The molecule has 0 bridgehead atoms. The minimum Gasteiger partial charge on any atom is -0.287 e. The fourth-order valence-electron chi connectivity index (χ4n) is 5.89. The van der Waals surface area contributed by atoms with E-state index < -0.39 is 24.0 Å². The Morgan fingerprint density at radius 1 is 0.444 bits per heavy atom. The van der Waals surface area contributed by atoms with Gasteiger partial charge in [0.05, 0.1) is 19.8 Å². The molecule has 5 aromatic rings. The van der Waals surface area contributed by atoms with Crippen molar-refractivity contribution in [2.24, 2.45) is 0 Å². The number of hydrogen-bond acceptors (Lipinski definition) is 4. The van der Waals surface area contributed by atoms with Gasteiger partial charge in [0.2, 0.25) is 0 Å². The third-order valence-corrected chi connectivity index (χ3v) is 19.2. The molecule has 0 atom stereocenters. The molecule has 0 aliphatic heterocycles. The Hall–Kier alpha value is -3.36. The van der Waals surface area contributed by atoms with Gasteiger partial charge in [-0.3, -0.25) is 13.6 Å². The maximum atomic E-state index is 14.3. The van der Waals surface area contributed by atoms with E-state index in [9.17, 15) is 4.57 Å². The van der Waals surface area contributed by atoms with Gasteiger partial charge in [-0.1, -0.05) is 186 Å². The van der Waals surface area contributed by atoms with Crippen LogP contribution in [0.4, 0.5) is 0 Å². The summed E-state index contributed by atoms with van der Waals surface area (Å²) in [5.74, 6) is 0. The maximum absolute atomic E-state index is 14.3. The molecule has 0 heterocycles. The molecule has 0 aromatic heterocycles. The van der Waals surface area contributed by atoms with Crippen LogP contribution in [0.3, 0.4) is 0 Å². The highest BCUT2D eigenvalue weighted by Crippen LogP contribution is 2.50. The predicted molar refractivity (Wildman–Crippen MR) is 193 cm³/mol. The lowest BCUT2D eigenvalue weighted by Gasteiger charge is -2.30. The lowest BCUT2D eigenvalue weighted by atomic mass is 10.2. The van der Waals surface area contributed by atoms with Crippen LogP contribution in [0.5, 0.6) is 0 Å². The van der Waals surface area contributed by atoms with Crippen LogP contribution in [0.15, 0.2) is 152 Å². The summed E-state index contributed by atoms with van der Waals surface area (Å²) in [7, 11) is -8.22. The number of phosphoric ester groups is 1. The van der Waals surface area contributed by atoms with Crippen molar-refractivity contribution in [2.75, 3.05) is 19.8 Å².